The van der Waals surface area contributed by atoms with Gasteiger partial charge in [-0.25, -0.2) is 0 Å². The number of thiophene rings is 1. The summed E-state index contributed by atoms with van der Waals surface area (Å²) in [7, 11) is 0. The van der Waals surface area contributed by atoms with Gasteiger partial charge in [0, 0.05) is 26.1 Å². The minimum Gasteiger partial charge on any atom is -0.391 e. The lowest BCUT2D eigenvalue weighted by molar-refractivity contribution is -0.130. The Morgan fingerprint density at radius 2 is 2.39 bits per heavy atom. The van der Waals surface area contributed by atoms with E-state index < -0.39 is 6.10 Å². The maximum absolute atomic E-state index is 11.7. The highest BCUT2D eigenvalue weighted by atomic mass is 32.1. The molecule has 0 spiro atoms. The topological polar surface area (TPSA) is 69.6 Å². The van der Waals surface area contributed by atoms with Crippen LogP contribution >= 0.6 is 11.3 Å². The van der Waals surface area contributed by atoms with E-state index in [-0.39, 0.29) is 18.2 Å². The molecule has 18 heavy (non-hydrogen) atoms. The number of amides is 2. The van der Waals surface area contributed by atoms with Crippen molar-refractivity contribution in [2.45, 2.75) is 18.9 Å². The van der Waals surface area contributed by atoms with Crippen LogP contribution in [0.15, 0.2) is 17.5 Å². The molecule has 6 heteroatoms. The zero-order valence-electron chi connectivity index (χ0n) is 9.96. The highest BCUT2D eigenvalue weighted by Gasteiger charge is 2.23. The highest BCUT2D eigenvalue weighted by molar-refractivity contribution is 7.12. The van der Waals surface area contributed by atoms with Gasteiger partial charge >= 0.3 is 0 Å². The molecule has 0 saturated carbocycles. The van der Waals surface area contributed by atoms with Crippen molar-refractivity contribution >= 4 is 23.2 Å². The first-order valence-corrected chi connectivity index (χ1v) is 6.82. The van der Waals surface area contributed by atoms with Crippen molar-refractivity contribution in [3.05, 3.63) is 22.4 Å². The van der Waals surface area contributed by atoms with Gasteiger partial charge in [-0.2, -0.15) is 0 Å². The fraction of sp³-hybridized carbons (Fsp3) is 0.500. The third-order valence-electron chi connectivity index (χ3n) is 2.89. The third-order valence-corrected chi connectivity index (χ3v) is 3.75. The van der Waals surface area contributed by atoms with E-state index in [4.69, 9.17) is 0 Å². The van der Waals surface area contributed by atoms with Crippen LogP contribution in [-0.2, 0) is 4.79 Å². The number of likely N-dealkylation sites (tertiary alicyclic amines) is 1. The Kier molecular flexibility index (Phi) is 4.33. The monoisotopic (exact) mass is 268 g/mol. The Morgan fingerprint density at radius 1 is 1.56 bits per heavy atom. The zero-order valence-corrected chi connectivity index (χ0v) is 10.8. The van der Waals surface area contributed by atoms with Crippen LogP contribution in [0.1, 0.15) is 22.5 Å². The Bertz CT molecular complexity index is 419. The number of aliphatic hydroxyl groups is 1. The van der Waals surface area contributed by atoms with Gasteiger partial charge in [-0.3, -0.25) is 9.59 Å². The first-order valence-electron chi connectivity index (χ1n) is 5.94. The lowest BCUT2D eigenvalue weighted by atomic mass is 10.3. The fourth-order valence-corrected chi connectivity index (χ4v) is 2.54. The Labute approximate surface area is 109 Å². The molecule has 0 radical (unpaired) electrons. The number of hydrogen-bond acceptors (Lipinski definition) is 4. The smallest absolute Gasteiger partial charge is 0.261 e. The summed E-state index contributed by atoms with van der Waals surface area (Å²) in [5, 5.41) is 13.9. The van der Waals surface area contributed by atoms with Gasteiger partial charge in [-0.15, -0.1) is 11.3 Å². The molecule has 2 heterocycles. The molecule has 0 aliphatic carbocycles. The maximum Gasteiger partial charge on any atom is 0.261 e. The van der Waals surface area contributed by atoms with Crippen LogP contribution < -0.4 is 5.32 Å². The van der Waals surface area contributed by atoms with Crippen molar-refractivity contribution in [2.24, 2.45) is 0 Å². The van der Waals surface area contributed by atoms with Crippen molar-refractivity contribution in [3.63, 3.8) is 0 Å². The van der Waals surface area contributed by atoms with Gasteiger partial charge in [0.1, 0.15) is 0 Å². The number of aliphatic hydroxyl groups excluding tert-OH is 1. The molecule has 1 atom stereocenters. The molecule has 1 fully saturated rings. The molecule has 2 N–H and O–H groups in total. The Balaban J connectivity index is 1.69. The molecule has 1 aliphatic rings. The van der Waals surface area contributed by atoms with Crippen LogP contribution in [-0.4, -0.2) is 47.6 Å². The molecular weight excluding hydrogens is 252 g/mol. The molecule has 0 bridgehead atoms. The van der Waals surface area contributed by atoms with E-state index in [2.05, 4.69) is 5.32 Å². The van der Waals surface area contributed by atoms with E-state index in [0.717, 1.165) is 0 Å². The molecule has 1 aliphatic heterocycles. The van der Waals surface area contributed by atoms with Crippen molar-refractivity contribution in [2.75, 3.05) is 19.6 Å². The lowest BCUT2D eigenvalue weighted by Crippen LogP contribution is -2.33. The fourth-order valence-electron chi connectivity index (χ4n) is 1.90. The van der Waals surface area contributed by atoms with E-state index in [1.54, 1.807) is 11.0 Å². The van der Waals surface area contributed by atoms with Crippen molar-refractivity contribution in [1.82, 2.24) is 10.2 Å². The second-order valence-corrected chi connectivity index (χ2v) is 5.21. The lowest BCUT2D eigenvalue weighted by Gasteiger charge is -2.15. The van der Waals surface area contributed by atoms with Crippen LogP contribution in [0.4, 0.5) is 0 Å². The first-order chi connectivity index (χ1) is 8.66. The second-order valence-electron chi connectivity index (χ2n) is 4.27. The van der Waals surface area contributed by atoms with Crippen LogP contribution in [0.2, 0.25) is 0 Å². The molecule has 2 amide bonds. The summed E-state index contributed by atoms with van der Waals surface area (Å²) in [6.07, 6.45) is 0.534. The van der Waals surface area contributed by atoms with E-state index in [1.807, 2.05) is 11.4 Å². The number of β-amino-alcohol motifs (C(OH)–C–C–N with tert-alkyl or cyclic N) is 1. The van der Waals surface area contributed by atoms with Gasteiger partial charge < -0.3 is 15.3 Å². The SMILES string of the molecule is O=C(NCCC(=O)N1CC[C@H](O)C1)c1cccs1. The largest absolute Gasteiger partial charge is 0.391 e. The summed E-state index contributed by atoms with van der Waals surface area (Å²) >= 11 is 1.38. The summed E-state index contributed by atoms with van der Waals surface area (Å²) in [5.41, 5.74) is 0. The van der Waals surface area contributed by atoms with Crippen molar-refractivity contribution < 1.29 is 14.7 Å². The third kappa shape index (κ3) is 3.30. The summed E-state index contributed by atoms with van der Waals surface area (Å²) in [6.45, 7) is 1.36. The zero-order chi connectivity index (χ0) is 13.0. The molecule has 98 valence electrons. The van der Waals surface area contributed by atoms with Gasteiger partial charge in [0.15, 0.2) is 0 Å². The van der Waals surface area contributed by atoms with Crippen molar-refractivity contribution in [3.8, 4) is 0 Å². The number of hydrogen-bond donors (Lipinski definition) is 2. The highest BCUT2D eigenvalue weighted by Crippen LogP contribution is 2.10. The van der Waals surface area contributed by atoms with Gasteiger partial charge in [0.05, 0.1) is 11.0 Å². The molecule has 1 aromatic heterocycles. The number of nitrogens with zero attached hydrogens (tertiary/aromatic N) is 1. The van der Waals surface area contributed by atoms with Crippen LogP contribution in [0.5, 0.6) is 0 Å². The Hall–Kier alpha value is -1.40. The molecule has 1 saturated heterocycles. The average molecular weight is 268 g/mol. The molecule has 0 unspecified atom stereocenters. The number of carbonyl (C=O) groups excluding carboxylic acids is 2. The maximum atomic E-state index is 11.7. The quantitative estimate of drug-likeness (QED) is 0.833. The van der Waals surface area contributed by atoms with Gasteiger partial charge in [-0.1, -0.05) is 6.07 Å². The van der Waals surface area contributed by atoms with Crippen LogP contribution in [0.3, 0.4) is 0 Å². The van der Waals surface area contributed by atoms with Gasteiger partial charge in [-0.05, 0) is 17.9 Å². The summed E-state index contributed by atoms with van der Waals surface area (Å²) < 4.78 is 0. The Morgan fingerprint density at radius 3 is 3.00 bits per heavy atom. The summed E-state index contributed by atoms with van der Waals surface area (Å²) in [5.74, 6) is -0.155. The molecule has 1 aromatic rings. The van der Waals surface area contributed by atoms with Crippen LogP contribution in [0, 0.1) is 0 Å². The predicted octanol–water partition coefficient (Wildman–Crippen LogP) is 0.461. The minimum absolute atomic E-state index is 0.0157. The average Bonchev–Trinajstić information content (AvgIpc) is 2.99. The standard InChI is InChI=1S/C12H16N2O3S/c15-9-4-6-14(8-9)11(16)3-5-13-12(17)10-2-1-7-18-10/h1-2,7,9,15H,3-6,8H2,(H,13,17)/t9-/m0/s1. The summed E-state index contributed by atoms with van der Waals surface area (Å²) in [6, 6.07) is 3.56. The number of nitrogens with one attached hydrogen (secondary N) is 1. The van der Waals surface area contributed by atoms with Gasteiger partial charge in [0.2, 0.25) is 5.91 Å². The van der Waals surface area contributed by atoms with E-state index >= 15 is 0 Å². The van der Waals surface area contributed by atoms with E-state index in [9.17, 15) is 14.7 Å². The van der Waals surface area contributed by atoms with E-state index in [0.29, 0.717) is 30.9 Å². The van der Waals surface area contributed by atoms with Gasteiger partial charge in [0.25, 0.3) is 5.91 Å². The molecule has 0 aromatic carbocycles. The number of carbonyl (C=O) groups is 2. The van der Waals surface area contributed by atoms with E-state index in [1.165, 1.54) is 11.3 Å². The summed E-state index contributed by atoms with van der Waals surface area (Å²) in [4.78, 5) is 25.6. The van der Waals surface area contributed by atoms with Crippen LogP contribution in [0.25, 0.3) is 0 Å². The number of rotatable bonds is 4. The first kappa shape index (κ1) is 13.0. The minimum atomic E-state index is -0.394. The second kappa shape index (κ2) is 5.97. The van der Waals surface area contributed by atoms with Crippen molar-refractivity contribution in [1.29, 1.82) is 0 Å². The normalized spacial score (nSPS) is 18.9. The molecule has 5 nitrogen and oxygen atoms in total. The molecular formula is C12H16N2O3S. The predicted molar refractivity (Wildman–Crippen MR) is 68.5 cm³/mol. The molecule has 2 rings (SSSR count).